The first-order valence-electron chi connectivity index (χ1n) is 5.36. The zero-order valence-corrected chi connectivity index (χ0v) is 9.12. The summed E-state index contributed by atoms with van der Waals surface area (Å²) in [6.07, 6.45) is 5.59. The molecule has 1 aliphatic rings. The number of methoxy groups -OCH3 is 1. The van der Waals surface area contributed by atoms with Crippen LogP contribution in [0, 0.1) is 0 Å². The van der Waals surface area contributed by atoms with Crippen LogP contribution >= 0.6 is 0 Å². The van der Waals surface area contributed by atoms with E-state index in [4.69, 9.17) is 9.47 Å². The zero-order valence-electron chi connectivity index (χ0n) is 9.12. The molecule has 82 valence electrons. The highest BCUT2D eigenvalue weighted by Gasteiger charge is 2.21. The molecule has 1 aliphatic carbocycles. The summed E-state index contributed by atoms with van der Waals surface area (Å²) >= 11 is 0. The average Bonchev–Trinajstić information content (AvgIpc) is 2.18. The number of hydrogen-bond acceptors (Lipinski definition) is 3. The van der Waals surface area contributed by atoms with Crippen molar-refractivity contribution in [3.8, 4) is 0 Å². The predicted molar refractivity (Wildman–Crippen MR) is 54.3 cm³/mol. The minimum absolute atomic E-state index is 0.198. The number of Topliss-reactive ketones (excluding diaryl/α,β-unsaturated/α-hetero) is 1. The van der Waals surface area contributed by atoms with Crippen LogP contribution in [-0.4, -0.2) is 31.7 Å². The van der Waals surface area contributed by atoms with E-state index >= 15 is 0 Å². The van der Waals surface area contributed by atoms with Crippen LogP contribution in [0.2, 0.25) is 0 Å². The molecule has 2 atom stereocenters. The summed E-state index contributed by atoms with van der Waals surface area (Å²) in [5.74, 6) is 0.198. The van der Waals surface area contributed by atoms with Crippen molar-refractivity contribution in [2.45, 2.75) is 51.2 Å². The molecule has 2 unspecified atom stereocenters. The maximum atomic E-state index is 10.7. The Hall–Kier alpha value is -0.410. The molecule has 0 aromatic heterocycles. The van der Waals surface area contributed by atoms with Crippen LogP contribution in [0.5, 0.6) is 0 Å². The molecule has 3 heteroatoms. The Kier molecular flexibility index (Phi) is 5.12. The van der Waals surface area contributed by atoms with Crippen molar-refractivity contribution in [2.24, 2.45) is 0 Å². The van der Waals surface area contributed by atoms with Gasteiger partial charge in [-0.05, 0) is 32.6 Å². The Balaban J connectivity index is 2.14. The number of ether oxygens (including phenoxy) is 2. The quantitative estimate of drug-likeness (QED) is 0.680. The van der Waals surface area contributed by atoms with Crippen molar-refractivity contribution in [1.29, 1.82) is 0 Å². The van der Waals surface area contributed by atoms with Gasteiger partial charge in [0, 0.05) is 13.5 Å². The highest BCUT2D eigenvalue weighted by atomic mass is 16.5. The van der Waals surface area contributed by atoms with Crippen molar-refractivity contribution in [2.75, 3.05) is 13.7 Å². The molecule has 0 aromatic rings. The number of rotatable bonds is 5. The van der Waals surface area contributed by atoms with E-state index < -0.39 is 0 Å². The lowest BCUT2D eigenvalue weighted by atomic mass is 9.95. The summed E-state index contributed by atoms with van der Waals surface area (Å²) in [5, 5.41) is 0. The van der Waals surface area contributed by atoms with Crippen LogP contribution < -0.4 is 0 Å². The van der Waals surface area contributed by atoms with Gasteiger partial charge in [0.1, 0.15) is 5.78 Å². The second-order valence-corrected chi connectivity index (χ2v) is 3.97. The molecule has 1 saturated carbocycles. The lowest BCUT2D eigenvalue weighted by molar-refractivity contribution is -0.119. The van der Waals surface area contributed by atoms with E-state index in [9.17, 15) is 4.79 Å². The molecule has 0 radical (unpaired) electrons. The molecule has 1 fully saturated rings. The zero-order chi connectivity index (χ0) is 10.4. The SMILES string of the molecule is COC1CCCC(OCCC(C)=O)C1. The van der Waals surface area contributed by atoms with Gasteiger partial charge >= 0.3 is 0 Å². The number of carbonyl (C=O) groups excluding carboxylic acids is 1. The van der Waals surface area contributed by atoms with Gasteiger partial charge in [-0.1, -0.05) is 0 Å². The summed E-state index contributed by atoms with van der Waals surface area (Å²) in [4.78, 5) is 10.7. The van der Waals surface area contributed by atoms with Crippen LogP contribution in [-0.2, 0) is 14.3 Å². The van der Waals surface area contributed by atoms with Gasteiger partial charge in [-0.3, -0.25) is 4.79 Å². The third kappa shape index (κ3) is 4.20. The van der Waals surface area contributed by atoms with Crippen LogP contribution in [0.15, 0.2) is 0 Å². The number of ketones is 1. The van der Waals surface area contributed by atoms with Gasteiger partial charge in [0.25, 0.3) is 0 Å². The lowest BCUT2D eigenvalue weighted by Crippen LogP contribution is -2.28. The summed E-state index contributed by atoms with van der Waals surface area (Å²) in [6.45, 7) is 2.17. The molecule has 0 spiro atoms. The molecule has 0 bridgehead atoms. The van der Waals surface area contributed by atoms with Gasteiger partial charge in [0.05, 0.1) is 18.8 Å². The smallest absolute Gasteiger partial charge is 0.132 e. The topological polar surface area (TPSA) is 35.5 Å². The van der Waals surface area contributed by atoms with Crippen LogP contribution in [0.1, 0.15) is 39.0 Å². The van der Waals surface area contributed by atoms with Crippen molar-refractivity contribution < 1.29 is 14.3 Å². The second kappa shape index (κ2) is 6.14. The molecule has 0 N–H and O–H groups in total. The maximum absolute atomic E-state index is 10.7. The van der Waals surface area contributed by atoms with Crippen molar-refractivity contribution in [3.05, 3.63) is 0 Å². The van der Waals surface area contributed by atoms with Crippen LogP contribution in [0.4, 0.5) is 0 Å². The van der Waals surface area contributed by atoms with Gasteiger partial charge in [-0.25, -0.2) is 0 Å². The molecule has 0 aromatic carbocycles. The van der Waals surface area contributed by atoms with Gasteiger partial charge in [0.15, 0.2) is 0 Å². The minimum atomic E-state index is 0.198. The Bertz CT molecular complexity index is 179. The first-order chi connectivity index (χ1) is 6.72. The fourth-order valence-corrected chi connectivity index (χ4v) is 1.84. The highest BCUT2D eigenvalue weighted by Crippen LogP contribution is 2.22. The van der Waals surface area contributed by atoms with Crippen LogP contribution in [0.25, 0.3) is 0 Å². The number of carbonyl (C=O) groups is 1. The molecule has 0 heterocycles. The van der Waals surface area contributed by atoms with E-state index in [1.165, 1.54) is 6.42 Å². The van der Waals surface area contributed by atoms with Gasteiger partial charge in [-0.15, -0.1) is 0 Å². The molecular weight excluding hydrogens is 180 g/mol. The van der Waals surface area contributed by atoms with Crippen molar-refractivity contribution in [1.82, 2.24) is 0 Å². The highest BCUT2D eigenvalue weighted by molar-refractivity contribution is 5.75. The molecule has 0 saturated heterocycles. The van der Waals surface area contributed by atoms with Crippen molar-refractivity contribution in [3.63, 3.8) is 0 Å². The van der Waals surface area contributed by atoms with Gasteiger partial charge in [-0.2, -0.15) is 0 Å². The molecular formula is C11H20O3. The normalized spacial score (nSPS) is 27.6. The molecule has 0 aliphatic heterocycles. The Morgan fingerprint density at radius 1 is 1.36 bits per heavy atom. The standard InChI is InChI=1S/C11H20O3/c1-9(12)6-7-14-11-5-3-4-10(8-11)13-2/h10-11H,3-8H2,1-2H3. The third-order valence-corrected chi connectivity index (χ3v) is 2.72. The molecule has 14 heavy (non-hydrogen) atoms. The monoisotopic (exact) mass is 200 g/mol. The molecule has 3 nitrogen and oxygen atoms in total. The first-order valence-corrected chi connectivity index (χ1v) is 5.36. The fraction of sp³-hybridized carbons (Fsp3) is 0.909. The van der Waals surface area contributed by atoms with E-state index in [1.54, 1.807) is 14.0 Å². The average molecular weight is 200 g/mol. The maximum Gasteiger partial charge on any atom is 0.132 e. The van der Waals surface area contributed by atoms with E-state index in [-0.39, 0.29) is 5.78 Å². The van der Waals surface area contributed by atoms with Gasteiger partial charge in [0.2, 0.25) is 0 Å². The predicted octanol–water partition coefficient (Wildman–Crippen LogP) is 1.94. The second-order valence-electron chi connectivity index (χ2n) is 3.97. The van der Waals surface area contributed by atoms with Crippen LogP contribution in [0.3, 0.4) is 0 Å². The molecule has 1 rings (SSSR count). The first kappa shape index (κ1) is 11.7. The van der Waals surface area contributed by atoms with E-state index in [0.717, 1.165) is 19.3 Å². The fourth-order valence-electron chi connectivity index (χ4n) is 1.84. The number of hydrogen-bond donors (Lipinski definition) is 0. The van der Waals surface area contributed by atoms with Crippen molar-refractivity contribution >= 4 is 5.78 Å². The summed E-state index contributed by atoms with van der Waals surface area (Å²) in [6, 6.07) is 0. The molecule has 0 amide bonds. The minimum Gasteiger partial charge on any atom is -0.381 e. The summed E-state index contributed by atoms with van der Waals surface area (Å²) in [5.41, 5.74) is 0. The Morgan fingerprint density at radius 2 is 2.07 bits per heavy atom. The van der Waals surface area contributed by atoms with E-state index in [2.05, 4.69) is 0 Å². The lowest BCUT2D eigenvalue weighted by Gasteiger charge is -2.28. The summed E-state index contributed by atoms with van der Waals surface area (Å²) < 4.78 is 10.9. The van der Waals surface area contributed by atoms with Gasteiger partial charge < -0.3 is 9.47 Å². The Morgan fingerprint density at radius 3 is 2.71 bits per heavy atom. The summed E-state index contributed by atoms with van der Waals surface area (Å²) in [7, 11) is 1.75. The Labute approximate surface area is 85.8 Å². The van der Waals surface area contributed by atoms with E-state index in [0.29, 0.717) is 25.2 Å². The van der Waals surface area contributed by atoms with E-state index in [1.807, 2.05) is 0 Å². The third-order valence-electron chi connectivity index (χ3n) is 2.72. The largest absolute Gasteiger partial charge is 0.381 e.